The summed E-state index contributed by atoms with van der Waals surface area (Å²) in [6.45, 7) is 4.56. The maximum absolute atomic E-state index is 13.4. The van der Waals surface area contributed by atoms with Gasteiger partial charge in [0, 0.05) is 19.6 Å². The van der Waals surface area contributed by atoms with Crippen molar-refractivity contribution in [1.82, 2.24) is 9.21 Å². The van der Waals surface area contributed by atoms with Crippen molar-refractivity contribution in [2.75, 3.05) is 26.2 Å². The van der Waals surface area contributed by atoms with Crippen molar-refractivity contribution >= 4 is 21.9 Å². The molecule has 0 aromatic heterocycles. The number of carbonyl (C=O) groups is 2. The van der Waals surface area contributed by atoms with Gasteiger partial charge in [-0.1, -0.05) is 42.5 Å². The summed E-state index contributed by atoms with van der Waals surface area (Å²) in [6, 6.07) is 15.0. The summed E-state index contributed by atoms with van der Waals surface area (Å²) in [5.74, 6) is -0.897. The van der Waals surface area contributed by atoms with E-state index >= 15 is 0 Å². The van der Waals surface area contributed by atoms with Gasteiger partial charge in [-0.25, -0.2) is 8.42 Å². The highest BCUT2D eigenvalue weighted by Crippen LogP contribution is 2.36. The molecular weight excluding hydrogens is 456 g/mol. The third-order valence-electron chi connectivity index (χ3n) is 6.20. The number of amides is 1. The van der Waals surface area contributed by atoms with Crippen LogP contribution in [0.2, 0.25) is 0 Å². The molecule has 1 amide bonds. The molecule has 0 N–H and O–H groups in total. The number of rotatable bonds is 6. The van der Waals surface area contributed by atoms with Crippen LogP contribution in [0.5, 0.6) is 0 Å². The van der Waals surface area contributed by atoms with Crippen LogP contribution in [0.15, 0.2) is 59.5 Å². The van der Waals surface area contributed by atoms with Gasteiger partial charge >= 0.3 is 5.97 Å². The van der Waals surface area contributed by atoms with Crippen molar-refractivity contribution < 1.29 is 27.5 Å². The average molecular weight is 487 g/mol. The van der Waals surface area contributed by atoms with Gasteiger partial charge in [0.05, 0.1) is 29.6 Å². The molecule has 0 unspecified atom stereocenters. The Balaban J connectivity index is 1.49. The zero-order valence-corrected chi connectivity index (χ0v) is 20.2. The topological polar surface area (TPSA) is 93.2 Å². The molecule has 0 radical (unpaired) electrons. The van der Waals surface area contributed by atoms with E-state index in [4.69, 9.17) is 9.47 Å². The van der Waals surface area contributed by atoms with Gasteiger partial charge in [0.25, 0.3) is 5.91 Å². The second kappa shape index (κ2) is 10.2. The van der Waals surface area contributed by atoms with Gasteiger partial charge in [-0.15, -0.1) is 0 Å². The number of fused-ring (bicyclic) bond motifs is 1. The highest BCUT2D eigenvalue weighted by atomic mass is 32.2. The zero-order valence-electron chi connectivity index (χ0n) is 19.4. The van der Waals surface area contributed by atoms with Crippen LogP contribution in [0.3, 0.4) is 0 Å². The molecule has 0 saturated carbocycles. The molecule has 9 heteroatoms. The fourth-order valence-corrected chi connectivity index (χ4v) is 6.31. The zero-order chi connectivity index (χ0) is 24.3. The Hall–Kier alpha value is -2.75. The normalized spacial score (nSPS) is 23.2. The van der Waals surface area contributed by atoms with Crippen LogP contribution < -0.4 is 0 Å². The Morgan fingerprint density at radius 1 is 1.00 bits per heavy atom. The predicted octanol–water partition coefficient (Wildman–Crippen LogP) is 2.54. The van der Waals surface area contributed by atoms with Crippen LogP contribution in [-0.2, 0) is 35.5 Å². The minimum atomic E-state index is -3.82. The molecule has 34 heavy (non-hydrogen) atoms. The second-order valence-electron chi connectivity index (χ2n) is 8.81. The van der Waals surface area contributed by atoms with E-state index in [-0.39, 0.29) is 42.6 Å². The molecule has 2 aromatic rings. The molecule has 182 valence electrons. The fraction of sp³-hybridized carbons (Fsp3) is 0.440. The molecule has 0 spiro atoms. The van der Waals surface area contributed by atoms with Crippen LogP contribution in [0, 0.1) is 0 Å². The Kier molecular flexibility index (Phi) is 7.35. The first-order valence-corrected chi connectivity index (χ1v) is 12.9. The number of esters is 1. The molecule has 3 atom stereocenters. The highest BCUT2D eigenvalue weighted by Gasteiger charge is 2.38. The SMILES string of the molecule is C[C@@H]1CN(C(=O)COC(=O)C[C@@H]2c3ccccc3CCN2S(=O)(=O)c2ccccc2)C[C@H](C)O1. The number of nitrogens with zero attached hydrogens (tertiary/aromatic N) is 2. The summed E-state index contributed by atoms with van der Waals surface area (Å²) >= 11 is 0. The van der Waals surface area contributed by atoms with Gasteiger partial charge in [-0.2, -0.15) is 4.31 Å². The lowest BCUT2D eigenvalue weighted by Gasteiger charge is -2.36. The van der Waals surface area contributed by atoms with E-state index in [1.807, 2.05) is 38.1 Å². The van der Waals surface area contributed by atoms with Crippen molar-refractivity contribution in [3.8, 4) is 0 Å². The van der Waals surface area contributed by atoms with Crippen LogP contribution in [0.4, 0.5) is 0 Å². The standard InChI is InChI=1S/C25H30N2O6S/c1-18-15-26(16-19(2)33-18)24(28)17-32-25(29)14-23-22-11-7-6-8-20(22)12-13-27(23)34(30,31)21-9-4-3-5-10-21/h3-11,18-19,23H,12-17H2,1-2H3/t18-,19+,23-/m1/s1. The summed E-state index contributed by atoms with van der Waals surface area (Å²) in [5, 5.41) is 0. The van der Waals surface area contributed by atoms with Crippen molar-refractivity contribution in [3.63, 3.8) is 0 Å². The smallest absolute Gasteiger partial charge is 0.308 e. The molecule has 1 fully saturated rings. The lowest BCUT2D eigenvalue weighted by atomic mass is 9.92. The number of hydrogen-bond donors (Lipinski definition) is 0. The largest absolute Gasteiger partial charge is 0.456 e. The van der Waals surface area contributed by atoms with Gasteiger partial charge in [0.2, 0.25) is 10.0 Å². The number of sulfonamides is 1. The summed E-state index contributed by atoms with van der Waals surface area (Å²) in [5.41, 5.74) is 1.79. The molecule has 1 saturated heterocycles. The van der Waals surface area contributed by atoms with Crippen LogP contribution in [0.1, 0.15) is 37.4 Å². The minimum absolute atomic E-state index is 0.0844. The summed E-state index contributed by atoms with van der Waals surface area (Å²) in [6.07, 6.45) is 0.212. The van der Waals surface area contributed by atoms with Gasteiger partial charge in [0.15, 0.2) is 6.61 Å². The van der Waals surface area contributed by atoms with E-state index in [0.717, 1.165) is 11.1 Å². The van der Waals surface area contributed by atoms with Crippen molar-refractivity contribution in [2.24, 2.45) is 0 Å². The molecular formula is C25H30N2O6S. The van der Waals surface area contributed by atoms with Gasteiger partial charge in [-0.3, -0.25) is 9.59 Å². The van der Waals surface area contributed by atoms with E-state index in [2.05, 4.69) is 0 Å². The fourth-order valence-electron chi connectivity index (χ4n) is 4.69. The monoisotopic (exact) mass is 486 g/mol. The van der Waals surface area contributed by atoms with Crippen molar-refractivity contribution in [1.29, 1.82) is 0 Å². The predicted molar refractivity (Wildman–Crippen MR) is 125 cm³/mol. The van der Waals surface area contributed by atoms with Crippen LogP contribution in [-0.4, -0.2) is 67.9 Å². The van der Waals surface area contributed by atoms with Crippen LogP contribution in [0.25, 0.3) is 0 Å². The third-order valence-corrected chi connectivity index (χ3v) is 8.12. The molecule has 4 rings (SSSR count). The van der Waals surface area contributed by atoms with Gasteiger partial charge < -0.3 is 14.4 Å². The molecule has 0 aliphatic carbocycles. The Labute approximate surface area is 200 Å². The maximum atomic E-state index is 13.4. The first-order valence-electron chi connectivity index (χ1n) is 11.5. The van der Waals surface area contributed by atoms with Gasteiger partial charge in [0.1, 0.15) is 0 Å². The summed E-state index contributed by atoms with van der Waals surface area (Å²) < 4.78 is 39.2. The van der Waals surface area contributed by atoms with Crippen molar-refractivity contribution in [3.05, 3.63) is 65.7 Å². The number of morpholine rings is 1. The quantitative estimate of drug-likeness (QED) is 0.583. The van der Waals surface area contributed by atoms with E-state index in [1.54, 1.807) is 35.2 Å². The summed E-state index contributed by atoms with van der Waals surface area (Å²) in [4.78, 5) is 27.2. The van der Waals surface area contributed by atoms with E-state index in [0.29, 0.717) is 19.5 Å². The van der Waals surface area contributed by atoms with E-state index < -0.39 is 22.0 Å². The maximum Gasteiger partial charge on any atom is 0.308 e. The Morgan fingerprint density at radius 2 is 1.65 bits per heavy atom. The number of hydrogen-bond acceptors (Lipinski definition) is 6. The first-order chi connectivity index (χ1) is 16.3. The summed E-state index contributed by atoms with van der Waals surface area (Å²) in [7, 11) is -3.82. The molecule has 2 aliphatic heterocycles. The molecule has 2 aromatic carbocycles. The van der Waals surface area contributed by atoms with Crippen molar-refractivity contribution in [2.45, 2.75) is 49.8 Å². The molecule has 2 aliphatic rings. The second-order valence-corrected chi connectivity index (χ2v) is 10.7. The average Bonchev–Trinajstić information content (AvgIpc) is 2.82. The molecule has 8 nitrogen and oxygen atoms in total. The molecule has 0 bridgehead atoms. The lowest BCUT2D eigenvalue weighted by Crippen LogP contribution is -2.49. The van der Waals surface area contributed by atoms with E-state index in [1.165, 1.54) is 4.31 Å². The van der Waals surface area contributed by atoms with Crippen LogP contribution >= 0.6 is 0 Å². The lowest BCUT2D eigenvalue weighted by molar-refractivity contribution is -0.157. The first kappa shape index (κ1) is 24.4. The number of ether oxygens (including phenoxy) is 2. The Morgan fingerprint density at radius 3 is 2.35 bits per heavy atom. The minimum Gasteiger partial charge on any atom is -0.456 e. The molecule has 2 heterocycles. The van der Waals surface area contributed by atoms with Gasteiger partial charge in [-0.05, 0) is 43.5 Å². The van der Waals surface area contributed by atoms with E-state index in [9.17, 15) is 18.0 Å². The highest BCUT2D eigenvalue weighted by molar-refractivity contribution is 7.89. The Bertz CT molecular complexity index is 1130. The number of benzene rings is 2. The third kappa shape index (κ3) is 5.32. The number of carbonyl (C=O) groups excluding carboxylic acids is 2.